The maximum atomic E-state index is 14.6. The van der Waals surface area contributed by atoms with E-state index in [4.69, 9.17) is 51.6 Å². The Morgan fingerprint density at radius 1 is 0.652 bits per heavy atom. The predicted molar refractivity (Wildman–Crippen MR) is 329 cm³/mol. The molecule has 0 spiro atoms. The van der Waals surface area contributed by atoms with Gasteiger partial charge < -0.3 is 64.2 Å². The second-order valence-corrected chi connectivity index (χ2v) is 22.8. The van der Waals surface area contributed by atoms with Gasteiger partial charge in [-0.1, -0.05) is 67.1 Å². The number of amides is 6. The number of nitrogens with one attached hydrogen (secondary N) is 2. The molecule has 10 rings (SSSR count). The minimum atomic E-state index is -1.54. The molecule has 0 aliphatic carbocycles. The average Bonchev–Trinajstić information content (AvgIpc) is 2.46. The SMILES string of the molecule is COC(=O)C1CC(O)CC(Oc2cc3c(c4ccccc24)C(CCl)CN3C(=O)/C=C/c2ccc(/C=C/C(=O)N3C[C@@H](CCl)c4c3cc(OC3OC(C(=O)OC)CC(O)[C@H]3O)c3ccccc43)c(NC(=O)CCNC(=O)CCCCCN3C(=O)C=CC3=O)c2)O1. The van der Waals surface area contributed by atoms with E-state index in [1.165, 1.54) is 49.5 Å². The number of halogens is 2. The zero-order valence-corrected chi connectivity index (χ0v) is 50.2. The van der Waals surface area contributed by atoms with Gasteiger partial charge in [0.05, 0.1) is 37.8 Å². The van der Waals surface area contributed by atoms with E-state index in [1.807, 2.05) is 36.4 Å². The first-order chi connectivity index (χ1) is 43.0. The molecule has 22 nitrogen and oxygen atoms in total. The van der Waals surface area contributed by atoms with Crippen LogP contribution < -0.4 is 29.9 Å². The summed E-state index contributed by atoms with van der Waals surface area (Å²) in [6.07, 6.45) is 1.19. The highest BCUT2D eigenvalue weighted by molar-refractivity contribution is 6.20. The standard InChI is InChI=1S/C65H67Cl2N5O17/c1-84-63(82)51-27-40(73)28-59(87-51)86-49-29-46-60(43-12-7-5-10-41(43)49)38(32-66)34-71(46)57(79)19-16-36-15-17-37(45(26-36)69-54(76)23-24-68-53(75)14-4-3-9-25-70-55(77)21-22-56(70)78)18-20-58(80)72-35-39(33-67)61-44-13-8-6-11-42(44)50(30-47(61)72)88-65-62(81)48(74)31-52(89-65)64(83)85-2/h5-8,10-13,15-22,26,29-30,38-40,48,51-52,59,62,65,73-74,81H,3-4,9,14,23-25,27-28,31-35H2,1-2H3,(H,68,75)(H,69,76)/b19-16+,20-18+/t38?,39-,40?,48?,51?,52?,59?,62-,65?/m1/s1. The average molecular weight is 1260 g/mol. The Kier molecular flexibility index (Phi) is 20.4. The lowest BCUT2D eigenvalue weighted by Gasteiger charge is -2.36. The third-order valence-electron chi connectivity index (χ3n) is 16.3. The molecule has 5 N–H and O–H groups in total. The van der Waals surface area contributed by atoms with Gasteiger partial charge in [-0.25, -0.2) is 9.59 Å². The van der Waals surface area contributed by atoms with Crippen LogP contribution in [0.4, 0.5) is 17.1 Å². The molecule has 2 fully saturated rings. The smallest absolute Gasteiger partial charge is 0.335 e. The van der Waals surface area contributed by atoms with Crippen molar-refractivity contribution in [3.05, 3.63) is 125 Å². The van der Waals surface area contributed by atoms with E-state index >= 15 is 0 Å². The van der Waals surface area contributed by atoms with Gasteiger partial charge in [0.25, 0.3) is 23.6 Å². The van der Waals surface area contributed by atoms with Crippen molar-refractivity contribution in [1.82, 2.24) is 10.2 Å². The van der Waals surface area contributed by atoms with E-state index in [0.717, 1.165) is 21.4 Å². The number of carbonyl (C=O) groups excluding carboxylic acids is 8. The summed E-state index contributed by atoms with van der Waals surface area (Å²) in [6.45, 7) is 0.639. The molecule has 5 aromatic rings. The van der Waals surface area contributed by atoms with E-state index in [-0.39, 0.29) is 111 Å². The predicted octanol–water partition coefficient (Wildman–Crippen LogP) is 6.49. The van der Waals surface area contributed by atoms with Crippen LogP contribution in [0.3, 0.4) is 0 Å². The summed E-state index contributed by atoms with van der Waals surface area (Å²) in [4.78, 5) is 109. The number of ether oxygens (including phenoxy) is 6. The molecule has 5 aliphatic heterocycles. The van der Waals surface area contributed by atoms with Gasteiger partial charge in [-0.2, -0.15) is 0 Å². The summed E-state index contributed by atoms with van der Waals surface area (Å²) in [5.74, 6) is -3.50. The molecule has 0 bridgehead atoms. The highest BCUT2D eigenvalue weighted by Gasteiger charge is 2.43. The number of aliphatic hydroxyl groups excluding tert-OH is 3. The third kappa shape index (κ3) is 14.3. The van der Waals surface area contributed by atoms with Crippen LogP contribution in [-0.4, -0.2) is 163 Å². The largest absolute Gasteiger partial charge is 0.467 e. The van der Waals surface area contributed by atoms with Crippen LogP contribution in [0, 0.1) is 0 Å². The van der Waals surface area contributed by atoms with E-state index in [2.05, 4.69) is 10.6 Å². The van der Waals surface area contributed by atoms with Gasteiger partial charge in [-0.15, -0.1) is 23.2 Å². The minimum Gasteiger partial charge on any atom is -0.467 e. The summed E-state index contributed by atoms with van der Waals surface area (Å²) in [6, 6.07) is 23.1. The molecule has 0 aromatic heterocycles. The number of nitrogens with zero attached hydrogens (tertiary/aromatic N) is 3. The topological polar surface area (TPSA) is 286 Å². The lowest BCUT2D eigenvalue weighted by Crippen LogP contribution is -2.53. The molecule has 7 unspecified atom stereocenters. The summed E-state index contributed by atoms with van der Waals surface area (Å²) >= 11 is 13.2. The highest BCUT2D eigenvalue weighted by Crippen LogP contribution is 2.48. The number of alkyl halides is 2. The number of rotatable bonds is 22. The highest BCUT2D eigenvalue weighted by atomic mass is 35.5. The van der Waals surface area contributed by atoms with Crippen LogP contribution in [0.25, 0.3) is 33.7 Å². The molecule has 9 atom stereocenters. The van der Waals surface area contributed by atoms with Crippen molar-refractivity contribution in [2.24, 2.45) is 0 Å². The van der Waals surface area contributed by atoms with Crippen molar-refractivity contribution in [3.8, 4) is 11.5 Å². The van der Waals surface area contributed by atoms with Crippen molar-refractivity contribution in [1.29, 1.82) is 0 Å². The number of esters is 2. The van der Waals surface area contributed by atoms with E-state index in [9.17, 15) is 53.7 Å². The number of fused-ring (bicyclic) bond motifs is 6. The van der Waals surface area contributed by atoms with E-state index < -0.39 is 72.8 Å². The monoisotopic (exact) mass is 1260 g/mol. The van der Waals surface area contributed by atoms with Crippen LogP contribution in [0.15, 0.2) is 103 Å². The van der Waals surface area contributed by atoms with Gasteiger partial charge in [0.2, 0.25) is 24.4 Å². The van der Waals surface area contributed by atoms with Crippen LogP contribution in [0.1, 0.15) is 85.5 Å². The number of aliphatic hydroxyl groups is 3. The van der Waals surface area contributed by atoms with Crippen LogP contribution in [0.5, 0.6) is 11.5 Å². The molecule has 2 saturated heterocycles. The Morgan fingerprint density at radius 3 is 1.82 bits per heavy atom. The molecular weight excluding hydrogens is 1190 g/mol. The normalized spacial score (nSPS) is 23.1. The van der Waals surface area contributed by atoms with Gasteiger partial charge in [0.15, 0.2) is 12.2 Å². The Morgan fingerprint density at radius 2 is 1.22 bits per heavy atom. The number of unbranched alkanes of at least 4 members (excludes halogenated alkanes) is 2. The first kappa shape index (κ1) is 63.8. The van der Waals surface area contributed by atoms with Gasteiger partial charge in [0, 0.05) is 135 Å². The van der Waals surface area contributed by atoms with Gasteiger partial charge in [-0.05, 0) is 64.1 Å². The molecule has 0 radical (unpaired) electrons. The molecule has 89 heavy (non-hydrogen) atoms. The zero-order valence-electron chi connectivity index (χ0n) is 48.7. The van der Waals surface area contributed by atoms with E-state index in [0.29, 0.717) is 63.7 Å². The number of hydrogen-bond donors (Lipinski definition) is 5. The zero-order chi connectivity index (χ0) is 63.0. The lowest BCUT2D eigenvalue weighted by atomic mass is 9.95. The fourth-order valence-electron chi connectivity index (χ4n) is 11.8. The summed E-state index contributed by atoms with van der Waals surface area (Å²) in [7, 11) is 2.41. The van der Waals surface area contributed by atoms with E-state index in [1.54, 1.807) is 53.4 Å². The van der Waals surface area contributed by atoms with Crippen molar-refractivity contribution >= 4 is 121 Å². The Bertz CT molecular complexity index is 3650. The Balaban J connectivity index is 0.893. The first-order valence-electron chi connectivity index (χ1n) is 29.3. The molecule has 5 aliphatic rings. The summed E-state index contributed by atoms with van der Waals surface area (Å²) in [5, 5.41) is 40.8. The summed E-state index contributed by atoms with van der Waals surface area (Å²) in [5.41, 5.74) is 3.73. The molecule has 6 amide bonds. The maximum absolute atomic E-state index is 14.6. The molecular formula is C65H67Cl2N5O17. The van der Waals surface area contributed by atoms with Crippen molar-refractivity contribution in [2.75, 3.05) is 67.3 Å². The van der Waals surface area contributed by atoms with Gasteiger partial charge in [-0.3, -0.25) is 33.7 Å². The van der Waals surface area contributed by atoms with Gasteiger partial charge >= 0.3 is 11.9 Å². The minimum absolute atomic E-state index is 0.00801. The molecule has 5 heterocycles. The Labute approximate surface area is 521 Å². The van der Waals surface area contributed by atoms with Crippen LogP contribution in [0.2, 0.25) is 0 Å². The van der Waals surface area contributed by atoms with Gasteiger partial charge in [0.1, 0.15) is 17.6 Å². The Hall–Kier alpha value is -8.22. The molecule has 468 valence electrons. The third-order valence-corrected chi connectivity index (χ3v) is 17.1. The number of anilines is 3. The fraction of sp³-hybridized carbons (Fsp3) is 0.385. The van der Waals surface area contributed by atoms with Crippen molar-refractivity contribution in [2.45, 2.75) is 106 Å². The second kappa shape index (κ2) is 28.5. The summed E-state index contributed by atoms with van der Waals surface area (Å²) < 4.78 is 34.1. The maximum Gasteiger partial charge on any atom is 0.335 e. The number of hydrogen-bond acceptors (Lipinski definition) is 17. The number of methoxy groups -OCH3 is 2. The van der Waals surface area contributed by atoms with Crippen molar-refractivity contribution < 1.29 is 82.1 Å². The second-order valence-electron chi connectivity index (χ2n) is 22.2. The van der Waals surface area contributed by atoms with Crippen LogP contribution >= 0.6 is 23.2 Å². The number of carbonyl (C=O) groups is 8. The molecule has 5 aromatic carbocycles. The van der Waals surface area contributed by atoms with Crippen LogP contribution in [-0.2, 0) is 57.3 Å². The number of imide groups is 1. The molecule has 24 heteroatoms. The fourth-order valence-corrected chi connectivity index (χ4v) is 12.3. The lowest BCUT2D eigenvalue weighted by molar-refractivity contribution is -0.238. The van der Waals surface area contributed by atoms with Crippen molar-refractivity contribution in [3.63, 3.8) is 0 Å². The molecule has 0 saturated carbocycles. The quantitative estimate of drug-likeness (QED) is 0.0163. The number of benzene rings is 5. The first-order valence-corrected chi connectivity index (χ1v) is 30.3.